The molecule has 1 aliphatic carbocycles. The van der Waals surface area contributed by atoms with Crippen LogP contribution in [0.1, 0.15) is 39.5 Å². The molecule has 2 atom stereocenters. The molecule has 2 aliphatic rings. The Hall–Kier alpha value is -0.0800. The van der Waals surface area contributed by atoms with Gasteiger partial charge < -0.3 is 10.6 Å². The first-order valence-electron chi connectivity index (χ1n) is 6.18. The Morgan fingerprint density at radius 3 is 2.64 bits per heavy atom. The summed E-state index contributed by atoms with van der Waals surface area (Å²) >= 11 is 0. The summed E-state index contributed by atoms with van der Waals surface area (Å²) in [5.41, 5.74) is 0.562. The molecule has 14 heavy (non-hydrogen) atoms. The SMILES string of the molecule is CCC1CC1NCC1(C)CCNCC1. The highest BCUT2D eigenvalue weighted by molar-refractivity contribution is 4.94. The van der Waals surface area contributed by atoms with Crippen molar-refractivity contribution in [2.75, 3.05) is 19.6 Å². The molecule has 82 valence electrons. The van der Waals surface area contributed by atoms with Gasteiger partial charge in [-0.2, -0.15) is 0 Å². The van der Waals surface area contributed by atoms with Gasteiger partial charge in [0.2, 0.25) is 0 Å². The molecule has 0 aromatic heterocycles. The van der Waals surface area contributed by atoms with Crippen LogP contribution in [0.5, 0.6) is 0 Å². The summed E-state index contributed by atoms with van der Waals surface area (Å²) in [6, 6.07) is 0.853. The second kappa shape index (κ2) is 4.19. The van der Waals surface area contributed by atoms with Crippen molar-refractivity contribution in [1.29, 1.82) is 0 Å². The maximum Gasteiger partial charge on any atom is 0.00992 e. The highest BCUT2D eigenvalue weighted by Gasteiger charge is 2.36. The van der Waals surface area contributed by atoms with Gasteiger partial charge in [0, 0.05) is 12.6 Å². The van der Waals surface area contributed by atoms with Crippen LogP contribution in [0.25, 0.3) is 0 Å². The second-order valence-electron chi connectivity index (χ2n) is 5.45. The van der Waals surface area contributed by atoms with Crippen LogP contribution in [-0.2, 0) is 0 Å². The van der Waals surface area contributed by atoms with Crippen molar-refractivity contribution in [2.24, 2.45) is 11.3 Å². The monoisotopic (exact) mass is 196 g/mol. The van der Waals surface area contributed by atoms with Crippen LogP contribution in [0.2, 0.25) is 0 Å². The normalized spacial score (nSPS) is 35.6. The number of piperidine rings is 1. The van der Waals surface area contributed by atoms with Crippen molar-refractivity contribution >= 4 is 0 Å². The summed E-state index contributed by atoms with van der Waals surface area (Å²) in [4.78, 5) is 0. The number of hydrogen-bond donors (Lipinski definition) is 2. The van der Waals surface area contributed by atoms with Crippen LogP contribution in [0, 0.1) is 11.3 Å². The first-order chi connectivity index (χ1) is 6.73. The van der Waals surface area contributed by atoms with Gasteiger partial charge in [-0.15, -0.1) is 0 Å². The molecule has 1 saturated carbocycles. The van der Waals surface area contributed by atoms with Crippen LogP contribution in [0.3, 0.4) is 0 Å². The van der Waals surface area contributed by atoms with E-state index in [9.17, 15) is 0 Å². The molecule has 0 spiro atoms. The third-order valence-electron chi connectivity index (χ3n) is 4.05. The summed E-state index contributed by atoms with van der Waals surface area (Å²) in [6.07, 6.45) is 5.45. The van der Waals surface area contributed by atoms with Gasteiger partial charge in [0.1, 0.15) is 0 Å². The minimum absolute atomic E-state index is 0.562. The number of hydrogen-bond acceptors (Lipinski definition) is 2. The number of nitrogens with one attached hydrogen (secondary N) is 2. The zero-order valence-corrected chi connectivity index (χ0v) is 9.60. The van der Waals surface area contributed by atoms with Gasteiger partial charge in [-0.05, 0) is 43.7 Å². The highest BCUT2D eigenvalue weighted by atomic mass is 15.0. The van der Waals surface area contributed by atoms with Crippen molar-refractivity contribution in [3.63, 3.8) is 0 Å². The third-order valence-corrected chi connectivity index (χ3v) is 4.05. The summed E-state index contributed by atoms with van der Waals surface area (Å²) in [6.45, 7) is 8.39. The lowest BCUT2D eigenvalue weighted by atomic mass is 9.81. The summed E-state index contributed by atoms with van der Waals surface area (Å²) in [7, 11) is 0. The van der Waals surface area contributed by atoms with E-state index in [-0.39, 0.29) is 0 Å². The smallest absolute Gasteiger partial charge is 0.00992 e. The van der Waals surface area contributed by atoms with Crippen molar-refractivity contribution in [1.82, 2.24) is 10.6 Å². The maximum absolute atomic E-state index is 3.74. The molecule has 1 saturated heterocycles. The average Bonchev–Trinajstić information content (AvgIpc) is 2.95. The lowest BCUT2D eigenvalue weighted by Crippen LogP contribution is -2.42. The van der Waals surface area contributed by atoms with Gasteiger partial charge in [-0.25, -0.2) is 0 Å². The zero-order chi connectivity index (χ0) is 10.0. The van der Waals surface area contributed by atoms with Crippen LogP contribution < -0.4 is 10.6 Å². The Labute approximate surface area is 87.8 Å². The summed E-state index contributed by atoms with van der Waals surface area (Å²) in [5, 5.41) is 7.18. The Balaban J connectivity index is 1.69. The molecule has 2 nitrogen and oxygen atoms in total. The van der Waals surface area contributed by atoms with E-state index in [1.54, 1.807) is 0 Å². The Bertz CT molecular complexity index is 185. The van der Waals surface area contributed by atoms with Gasteiger partial charge in [0.05, 0.1) is 0 Å². The predicted molar refractivity (Wildman–Crippen MR) is 60.4 cm³/mol. The van der Waals surface area contributed by atoms with E-state index < -0.39 is 0 Å². The largest absolute Gasteiger partial charge is 0.317 e. The van der Waals surface area contributed by atoms with E-state index in [0.717, 1.165) is 12.0 Å². The molecular formula is C12H24N2. The summed E-state index contributed by atoms with van der Waals surface area (Å²) < 4.78 is 0. The molecule has 2 unspecified atom stereocenters. The average molecular weight is 196 g/mol. The Kier molecular flexibility index (Phi) is 3.13. The molecule has 2 fully saturated rings. The predicted octanol–water partition coefficient (Wildman–Crippen LogP) is 1.76. The molecule has 2 heteroatoms. The van der Waals surface area contributed by atoms with Crippen molar-refractivity contribution in [2.45, 2.75) is 45.6 Å². The van der Waals surface area contributed by atoms with Gasteiger partial charge >= 0.3 is 0 Å². The van der Waals surface area contributed by atoms with Crippen LogP contribution >= 0.6 is 0 Å². The van der Waals surface area contributed by atoms with E-state index in [1.807, 2.05) is 0 Å². The van der Waals surface area contributed by atoms with Crippen molar-refractivity contribution in [3.8, 4) is 0 Å². The van der Waals surface area contributed by atoms with Crippen molar-refractivity contribution < 1.29 is 0 Å². The number of rotatable bonds is 4. The fourth-order valence-electron chi connectivity index (χ4n) is 2.53. The van der Waals surface area contributed by atoms with Crippen LogP contribution in [0.4, 0.5) is 0 Å². The van der Waals surface area contributed by atoms with E-state index >= 15 is 0 Å². The Morgan fingerprint density at radius 2 is 2.07 bits per heavy atom. The van der Waals surface area contributed by atoms with E-state index in [4.69, 9.17) is 0 Å². The third kappa shape index (κ3) is 2.48. The minimum Gasteiger partial charge on any atom is -0.317 e. The molecule has 1 aliphatic heterocycles. The topological polar surface area (TPSA) is 24.1 Å². The zero-order valence-electron chi connectivity index (χ0n) is 9.60. The molecular weight excluding hydrogens is 172 g/mol. The second-order valence-corrected chi connectivity index (χ2v) is 5.45. The van der Waals surface area contributed by atoms with Crippen molar-refractivity contribution in [3.05, 3.63) is 0 Å². The lowest BCUT2D eigenvalue weighted by molar-refractivity contribution is 0.218. The molecule has 2 N–H and O–H groups in total. The molecule has 0 amide bonds. The molecule has 0 aromatic rings. The first-order valence-corrected chi connectivity index (χ1v) is 6.18. The van der Waals surface area contributed by atoms with Gasteiger partial charge in [0.25, 0.3) is 0 Å². The molecule has 0 radical (unpaired) electrons. The summed E-state index contributed by atoms with van der Waals surface area (Å²) in [5.74, 6) is 0.986. The first kappa shape index (κ1) is 10.4. The fraction of sp³-hybridized carbons (Fsp3) is 1.00. The van der Waals surface area contributed by atoms with Gasteiger partial charge in [-0.1, -0.05) is 20.3 Å². The van der Waals surface area contributed by atoms with E-state index in [1.165, 1.54) is 45.3 Å². The van der Waals surface area contributed by atoms with Crippen LogP contribution in [0.15, 0.2) is 0 Å². The minimum atomic E-state index is 0.562. The molecule has 2 rings (SSSR count). The molecule has 0 aromatic carbocycles. The van der Waals surface area contributed by atoms with Gasteiger partial charge in [0.15, 0.2) is 0 Å². The highest BCUT2D eigenvalue weighted by Crippen LogP contribution is 2.35. The van der Waals surface area contributed by atoms with E-state index in [2.05, 4.69) is 24.5 Å². The maximum atomic E-state index is 3.74. The Morgan fingerprint density at radius 1 is 1.36 bits per heavy atom. The molecule has 0 bridgehead atoms. The fourth-order valence-corrected chi connectivity index (χ4v) is 2.53. The van der Waals surface area contributed by atoms with Crippen LogP contribution in [-0.4, -0.2) is 25.7 Å². The quantitative estimate of drug-likeness (QED) is 0.716. The van der Waals surface area contributed by atoms with E-state index in [0.29, 0.717) is 5.41 Å². The van der Waals surface area contributed by atoms with Gasteiger partial charge in [-0.3, -0.25) is 0 Å². The standard InChI is InChI=1S/C12H24N2/c1-3-10-8-11(10)14-9-12(2)4-6-13-7-5-12/h10-11,13-14H,3-9H2,1-2H3. The lowest BCUT2D eigenvalue weighted by Gasteiger charge is -2.34. The molecule has 1 heterocycles.